The smallest absolute Gasteiger partial charge is 0.357 e. The average Bonchev–Trinajstić information content (AvgIpc) is 3.46. The van der Waals surface area contributed by atoms with Crippen LogP contribution in [0.5, 0.6) is 5.75 Å². The molecule has 0 unspecified atom stereocenters. The van der Waals surface area contributed by atoms with Crippen molar-refractivity contribution in [1.82, 2.24) is 10.3 Å². The van der Waals surface area contributed by atoms with Crippen molar-refractivity contribution in [3.63, 3.8) is 0 Å². The van der Waals surface area contributed by atoms with E-state index in [1.54, 1.807) is 47.7 Å². The summed E-state index contributed by atoms with van der Waals surface area (Å²) in [4.78, 5) is 45.7. The normalized spacial score (nSPS) is 14.4. The van der Waals surface area contributed by atoms with Crippen LogP contribution < -0.4 is 21.1 Å². The Morgan fingerprint density at radius 2 is 1.77 bits per heavy atom. The van der Waals surface area contributed by atoms with E-state index in [9.17, 15) is 14.4 Å². The molecule has 226 valence electrons. The predicted molar refractivity (Wildman–Crippen MR) is 170 cm³/mol. The number of nitrogens with one attached hydrogen (secondary N) is 2. The zero-order valence-electron chi connectivity index (χ0n) is 24.5. The van der Waals surface area contributed by atoms with Crippen LogP contribution in [0.25, 0.3) is 21.6 Å². The van der Waals surface area contributed by atoms with Crippen LogP contribution in [0, 0.1) is 0 Å². The Kier molecular flexibility index (Phi) is 8.72. The summed E-state index contributed by atoms with van der Waals surface area (Å²) in [6, 6.07) is 16.3. The van der Waals surface area contributed by atoms with Gasteiger partial charge in [-0.1, -0.05) is 31.4 Å². The highest BCUT2D eigenvalue weighted by Crippen LogP contribution is 2.43. The molecule has 0 bridgehead atoms. The monoisotopic (exact) mass is 610 g/mol. The number of hydrogen-bond acceptors (Lipinski definition) is 8. The first-order valence-corrected chi connectivity index (χ1v) is 15.7. The fourth-order valence-electron chi connectivity index (χ4n) is 5.81. The summed E-state index contributed by atoms with van der Waals surface area (Å²) in [5, 5.41) is 8.06. The van der Waals surface area contributed by atoms with Gasteiger partial charge in [-0.05, 0) is 71.8 Å². The Bertz CT molecular complexity index is 1710. The van der Waals surface area contributed by atoms with Gasteiger partial charge in [0.15, 0.2) is 5.69 Å². The number of methoxy groups -OCH3 is 1. The Labute approximate surface area is 259 Å². The molecule has 1 fully saturated rings. The molecule has 1 saturated carbocycles. The van der Waals surface area contributed by atoms with E-state index >= 15 is 0 Å². The van der Waals surface area contributed by atoms with Crippen LogP contribution in [0.3, 0.4) is 0 Å². The molecule has 6 rings (SSSR count). The Balaban J connectivity index is 1.45. The molecule has 2 amide bonds. The van der Waals surface area contributed by atoms with Crippen molar-refractivity contribution in [3.8, 4) is 27.3 Å². The Morgan fingerprint density at radius 1 is 0.977 bits per heavy atom. The second-order valence-corrected chi connectivity index (χ2v) is 11.9. The summed E-state index contributed by atoms with van der Waals surface area (Å²) in [6.07, 6.45) is 5.88. The van der Waals surface area contributed by atoms with Gasteiger partial charge in [-0.3, -0.25) is 9.59 Å². The standard InChI is InChI=1S/C34H34N4O5S/c1-42-34(41)30-24(11-12-28(38-30)33(40)37-22-5-3-2-4-6-22)25-18-29-27(31-21(13-15-43-29)14-16-44-31)17-26(25)32(39)36-23-9-7-20(19-35)8-10-23/h7-12,14,16-18,22H,2-6,13,15,19,35H2,1H3,(H,36,39)(H,37,40). The van der Waals surface area contributed by atoms with Crippen molar-refractivity contribution in [2.45, 2.75) is 51.1 Å². The molecule has 3 heterocycles. The fourth-order valence-corrected chi connectivity index (χ4v) is 6.79. The van der Waals surface area contributed by atoms with Gasteiger partial charge in [0, 0.05) is 51.8 Å². The second kappa shape index (κ2) is 13.0. The maximum atomic E-state index is 14.0. The summed E-state index contributed by atoms with van der Waals surface area (Å²) < 4.78 is 11.3. The van der Waals surface area contributed by atoms with Crippen molar-refractivity contribution in [3.05, 3.63) is 88.1 Å². The van der Waals surface area contributed by atoms with E-state index in [2.05, 4.69) is 21.7 Å². The predicted octanol–water partition coefficient (Wildman–Crippen LogP) is 5.97. The molecule has 10 heteroatoms. The number of esters is 1. The van der Waals surface area contributed by atoms with Crippen LogP contribution >= 0.6 is 11.3 Å². The zero-order chi connectivity index (χ0) is 30.6. The van der Waals surface area contributed by atoms with Crippen LogP contribution in [0.1, 0.15) is 74.6 Å². The lowest BCUT2D eigenvalue weighted by Gasteiger charge is -2.22. The van der Waals surface area contributed by atoms with Crippen LogP contribution in [0.2, 0.25) is 0 Å². The van der Waals surface area contributed by atoms with Crippen LogP contribution in [-0.2, 0) is 17.7 Å². The van der Waals surface area contributed by atoms with Crippen molar-refractivity contribution in [1.29, 1.82) is 0 Å². The van der Waals surface area contributed by atoms with Gasteiger partial charge < -0.3 is 25.8 Å². The molecule has 1 aliphatic carbocycles. The minimum absolute atomic E-state index is 0.0597. The molecule has 0 saturated heterocycles. The largest absolute Gasteiger partial charge is 0.493 e. The van der Waals surface area contributed by atoms with E-state index in [-0.39, 0.29) is 29.2 Å². The van der Waals surface area contributed by atoms with Gasteiger partial charge in [-0.2, -0.15) is 0 Å². The summed E-state index contributed by atoms with van der Waals surface area (Å²) in [5.74, 6) is -0.837. The van der Waals surface area contributed by atoms with E-state index in [0.29, 0.717) is 41.3 Å². The summed E-state index contributed by atoms with van der Waals surface area (Å²) >= 11 is 1.59. The summed E-state index contributed by atoms with van der Waals surface area (Å²) in [5.41, 5.74) is 10.4. The molecule has 0 atom stereocenters. The number of carbonyl (C=O) groups excluding carboxylic acids is 3. The zero-order valence-corrected chi connectivity index (χ0v) is 25.3. The number of ether oxygens (including phenoxy) is 2. The molecule has 0 radical (unpaired) electrons. The molecular formula is C34H34N4O5S. The Morgan fingerprint density at radius 3 is 2.52 bits per heavy atom. The molecule has 2 aromatic carbocycles. The third kappa shape index (κ3) is 6.09. The lowest BCUT2D eigenvalue weighted by Crippen LogP contribution is -2.36. The highest BCUT2D eigenvalue weighted by Gasteiger charge is 2.27. The topological polar surface area (TPSA) is 133 Å². The van der Waals surface area contributed by atoms with Crippen molar-refractivity contribution in [2.75, 3.05) is 19.0 Å². The van der Waals surface area contributed by atoms with Gasteiger partial charge in [-0.15, -0.1) is 11.3 Å². The lowest BCUT2D eigenvalue weighted by molar-refractivity contribution is 0.0594. The number of fused-ring (bicyclic) bond motifs is 3. The molecular weight excluding hydrogens is 576 g/mol. The first-order valence-electron chi connectivity index (χ1n) is 14.8. The van der Waals surface area contributed by atoms with E-state index < -0.39 is 5.97 Å². The van der Waals surface area contributed by atoms with E-state index in [1.165, 1.54) is 13.5 Å². The number of nitrogens with two attached hydrogens (primary N) is 1. The molecule has 0 spiro atoms. The number of pyridine rings is 1. The number of amides is 2. The van der Waals surface area contributed by atoms with Crippen molar-refractivity contribution in [2.24, 2.45) is 5.73 Å². The van der Waals surface area contributed by atoms with Gasteiger partial charge in [0.25, 0.3) is 11.8 Å². The first kappa shape index (κ1) is 29.5. The molecule has 4 N–H and O–H groups in total. The number of anilines is 1. The quantitative estimate of drug-likeness (QED) is 0.220. The maximum Gasteiger partial charge on any atom is 0.357 e. The molecule has 44 heavy (non-hydrogen) atoms. The number of thiophene rings is 1. The van der Waals surface area contributed by atoms with Gasteiger partial charge >= 0.3 is 5.97 Å². The SMILES string of the molecule is COC(=O)c1nc(C(=O)NC2CCCCC2)ccc1-c1cc2c(cc1C(=O)Nc1ccc(CN)cc1)-c1sccc1CCO2. The number of nitrogens with zero attached hydrogens (tertiary/aromatic N) is 1. The Hall–Kier alpha value is -4.54. The maximum absolute atomic E-state index is 14.0. The number of hydrogen-bond donors (Lipinski definition) is 3. The van der Waals surface area contributed by atoms with Crippen LogP contribution in [-0.4, -0.2) is 42.5 Å². The van der Waals surface area contributed by atoms with Crippen LogP contribution in [0.15, 0.2) is 60.0 Å². The number of aromatic nitrogens is 1. The van der Waals surface area contributed by atoms with Gasteiger partial charge in [0.2, 0.25) is 0 Å². The van der Waals surface area contributed by atoms with E-state index in [0.717, 1.165) is 53.7 Å². The highest BCUT2D eigenvalue weighted by atomic mass is 32.1. The lowest BCUT2D eigenvalue weighted by atomic mass is 9.93. The van der Waals surface area contributed by atoms with E-state index in [1.807, 2.05) is 17.5 Å². The summed E-state index contributed by atoms with van der Waals surface area (Å²) in [7, 11) is 1.26. The fraction of sp³-hybridized carbons (Fsp3) is 0.294. The average molecular weight is 611 g/mol. The van der Waals surface area contributed by atoms with Gasteiger partial charge in [-0.25, -0.2) is 9.78 Å². The second-order valence-electron chi connectivity index (χ2n) is 11.0. The van der Waals surface area contributed by atoms with Crippen molar-refractivity contribution < 1.29 is 23.9 Å². The summed E-state index contributed by atoms with van der Waals surface area (Å²) in [6.45, 7) is 0.863. The minimum atomic E-state index is -0.715. The molecule has 9 nitrogen and oxygen atoms in total. The minimum Gasteiger partial charge on any atom is -0.493 e. The van der Waals surface area contributed by atoms with Crippen molar-refractivity contribution >= 4 is 34.8 Å². The van der Waals surface area contributed by atoms with Gasteiger partial charge in [0.1, 0.15) is 11.4 Å². The highest BCUT2D eigenvalue weighted by molar-refractivity contribution is 7.13. The van der Waals surface area contributed by atoms with E-state index in [4.69, 9.17) is 15.2 Å². The number of rotatable bonds is 7. The first-order chi connectivity index (χ1) is 21.4. The third-order valence-corrected chi connectivity index (χ3v) is 9.16. The molecule has 1 aliphatic heterocycles. The third-order valence-electron chi connectivity index (χ3n) is 8.17. The molecule has 2 aliphatic rings. The number of carbonyl (C=O) groups is 3. The number of benzene rings is 2. The van der Waals surface area contributed by atoms with Gasteiger partial charge in [0.05, 0.1) is 13.7 Å². The molecule has 4 aromatic rings. The van der Waals surface area contributed by atoms with Crippen LogP contribution in [0.4, 0.5) is 5.69 Å². The molecule has 2 aromatic heterocycles.